The van der Waals surface area contributed by atoms with E-state index in [-0.39, 0.29) is 17.3 Å². The Balaban J connectivity index is 2.29. The molecule has 2 heterocycles. The van der Waals surface area contributed by atoms with Crippen LogP contribution < -0.4 is 11.0 Å². The number of carboxylic acid groups (broad SMARTS) is 1. The van der Waals surface area contributed by atoms with Crippen LogP contribution in [0.4, 0.5) is 0 Å². The molecule has 2 aromatic rings. The predicted molar refractivity (Wildman–Crippen MR) is 70.7 cm³/mol. The van der Waals surface area contributed by atoms with Crippen molar-refractivity contribution in [3.8, 4) is 0 Å². The highest BCUT2D eigenvalue weighted by Gasteiger charge is 2.22. The summed E-state index contributed by atoms with van der Waals surface area (Å²) >= 11 is 0. The molecule has 6 nitrogen and oxygen atoms in total. The van der Waals surface area contributed by atoms with Crippen LogP contribution in [0.25, 0.3) is 11.0 Å². The van der Waals surface area contributed by atoms with Crippen molar-refractivity contribution in [1.82, 2.24) is 14.5 Å². The summed E-state index contributed by atoms with van der Waals surface area (Å²) in [4.78, 5) is 23.4. The average molecular weight is 261 g/mol. The van der Waals surface area contributed by atoms with E-state index in [9.17, 15) is 9.59 Å². The Morgan fingerprint density at radius 3 is 2.84 bits per heavy atom. The number of carboxylic acids is 1. The van der Waals surface area contributed by atoms with Gasteiger partial charge < -0.3 is 10.4 Å². The molecule has 1 fully saturated rings. The van der Waals surface area contributed by atoms with Crippen molar-refractivity contribution in [3.05, 3.63) is 34.2 Å². The maximum atomic E-state index is 12.3. The Morgan fingerprint density at radius 1 is 1.42 bits per heavy atom. The number of imidazole rings is 1. The second-order valence-corrected chi connectivity index (χ2v) is 4.87. The molecule has 2 N–H and O–H groups in total. The summed E-state index contributed by atoms with van der Waals surface area (Å²) in [7, 11) is 1.71. The normalized spacial score (nSPS) is 19.1. The van der Waals surface area contributed by atoms with E-state index in [0.29, 0.717) is 5.52 Å². The summed E-state index contributed by atoms with van der Waals surface area (Å²) < 4.78 is 3.28. The highest BCUT2D eigenvalue weighted by Crippen LogP contribution is 2.21. The lowest BCUT2D eigenvalue weighted by Gasteiger charge is -2.10. The molecule has 0 radical (unpaired) electrons. The Kier molecular flexibility index (Phi) is 2.67. The standard InChI is InChI=1S/C13H15N3O3/c1-15-10-3-2-8(12(17)18)6-11(10)16(13(15)19)9-4-5-14-7-9/h2-3,6,9,14H,4-5,7H2,1H3,(H,17,18). The summed E-state index contributed by atoms with van der Waals surface area (Å²) in [5.74, 6) is -0.978. The van der Waals surface area contributed by atoms with Gasteiger partial charge in [-0.2, -0.15) is 0 Å². The van der Waals surface area contributed by atoms with Gasteiger partial charge in [-0.15, -0.1) is 0 Å². The lowest BCUT2D eigenvalue weighted by Crippen LogP contribution is -2.27. The fourth-order valence-corrected chi connectivity index (χ4v) is 2.71. The number of nitrogens with one attached hydrogen (secondary N) is 1. The number of carbonyl (C=O) groups is 1. The second kappa shape index (κ2) is 4.24. The van der Waals surface area contributed by atoms with E-state index in [1.807, 2.05) is 0 Å². The smallest absolute Gasteiger partial charge is 0.335 e. The van der Waals surface area contributed by atoms with E-state index < -0.39 is 5.97 Å². The van der Waals surface area contributed by atoms with Gasteiger partial charge in [-0.05, 0) is 31.2 Å². The van der Waals surface area contributed by atoms with Crippen molar-refractivity contribution >= 4 is 17.0 Å². The number of aryl methyl sites for hydroxylation is 1. The summed E-state index contributed by atoms with van der Waals surface area (Å²) in [6.45, 7) is 1.63. The number of benzene rings is 1. The molecule has 1 aliphatic heterocycles. The number of aromatic carboxylic acids is 1. The van der Waals surface area contributed by atoms with Gasteiger partial charge in [-0.3, -0.25) is 9.13 Å². The van der Waals surface area contributed by atoms with E-state index in [1.54, 1.807) is 28.3 Å². The van der Waals surface area contributed by atoms with Crippen molar-refractivity contribution in [3.63, 3.8) is 0 Å². The largest absolute Gasteiger partial charge is 0.478 e. The van der Waals surface area contributed by atoms with E-state index >= 15 is 0 Å². The molecule has 1 atom stereocenters. The van der Waals surface area contributed by atoms with Crippen LogP contribution >= 0.6 is 0 Å². The highest BCUT2D eigenvalue weighted by molar-refractivity contribution is 5.92. The van der Waals surface area contributed by atoms with E-state index in [2.05, 4.69) is 5.32 Å². The van der Waals surface area contributed by atoms with Crippen LogP contribution in [0, 0.1) is 0 Å². The Morgan fingerprint density at radius 2 is 2.21 bits per heavy atom. The number of aromatic nitrogens is 2. The molecule has 0 amide bonds. The summed E-state index contributed by atoms with van der Waals surface area (Å²) in [6, 6.07) is 4.90. The SMILES string of the molecule is Cn1c(=O)n(C2CCNC2)c2cc(C(=O)O)ccc21. The Bertz CT molecular complexity index is 708. The molecule has 1 saturated heterocycles. The molecule has 1 aromatic heterocycles. The van der Waals surface area contributed by atoms with Crippen molar-refractivity contribution < 1.29 is 9.90 Å². The first-order valence-electron chi connectivity index (χ1n) is 6.24. The van der Waals surface area contributed by atoms with Crippen LogP contribution in [0.15, 0.2) is 23.0 Å². The van der Waals surface area contributed by atoms with Crippen LogP contribution in [0.3, 0.4) is 0 Å². The third kappa shape index (κ3) is 1.76. The first kappa shape index (κ1) is 12.0. The van der Waals surface area contributed by atoms with Crippen LogP contribution in [-0.2, 0) is 7.05 Å². The van der Waals surface area contributed by atoms with Gasteiger partial charge in [0, 0.05) is 13.6 Å². The zero-order valence-corrected chi connectivity index (χ0v) is 10.6. The Labute approximate surface area is 109 Å². The molecule has 0 bridgehead atoms. The quantitative estimate of drug-likeness (QED) is 0.828. The van der Waals surface area contributed by atoms with E-state index in [4.69, 9.17) is 5.11 Å². The van der Waals surface area contributed by atoms with E-state index in [0.717, 1.165) is 25.0 Å². The third-order valence-corrected chi connectivity index (χ3v) is 3.74. The number of fused-ring (bicyclic) bond motifs is 1. The number of hydrogen-bond donors (Lipinski definition) is 2. The van der Waals surface area contributed by atoms with Gasteiger partial charge >= 0.3 is 11.7 Å². The summed E-state index contributed by atoms with van der Waals surface area (Å²) in [6.07, 6.45) is 0.885. The highest BCUT2D eigenvalue weighted by atomic mass is 16.4. The maximum Gasteiger partial charge on any atom is 0.335 e. The minimum absolute atomic E-state index is 0.0914. The number of rotatable bonds is 2. The average Bonchev–Trinajstić information content (AvgIpc) is 2.98. The van der Waals surface area contributed by atoms with Crippen molar-refractivity contribution in [1.29, 1.82) is 0 Å². The molecule has 1 aromatic carbocycles. The molecule has 0 spiro atoms. The third-order valence-electron chi connectivity index (χ3n) is 3.74. The minimum atomic E-state index is -0.978. The van der Waals surface area contributed by atoms with Crippen molar-refractivity contribution in [2.75, 3.05) is 13.1 Å². The molecular weight excluding hydrogens is 246 g/mol. The van der Waals surface area contributed by atoms with Gasteiger partial charge in [0.1, 0.15) is 0 Å². The van der Waals surface area contributed by atoms with Crippen LogP contribution in [0.2, 0.25) is 0 Å². The Hall–Kier alpha value is -2.08. The molecule has 1 aliphatic rings. The van der Waals surface area contributed by atoms with E-state index in [1.165, 1.54) is 6.07 Å². The molecule has 6 heteroatoms. The van der Waals surface area contributed by atoms with Gasteiger partial charge in [0.25, 0.3) is 0 Å². The summed E-state index contributed by atoms with van der Waals surface area (Å²) in [5, 5.41) is 12.3. The van der Waals surface area contributed by atoms with Crippen molar-refractivity contribution in [2.24, 2.45) is 7.05 Å². The van der Waals surface area contributed by atoms with Gasteiger partial charge in [-0.25, -0.2) is 9.59 Å². The van der Waals surface area contributed by atoms with Crippen LogP contribution in [0.5, 0.6) is 0 Å². The van der Waals surface area contributed by atoms with Crippen LogP contribution in [0.1, 0.15) is 22.8 Å². The van der Waals surface area contributed by atoms with Gasteiger partial charge in [0.05, 0.1) is 22.6 Å². The molecule has 3 rings (SSSR count). The summed E-state index contributed by atoms with van der Waals surface area (Å²) in [5.41, 5.74) is 1.58. The fraction of sp³-hybridized carbons (Fsp3) is 0.385. The molecular formula is C13H15N3O3. The predicted octanol–water partition coefficient (Wildman–Crippen LogP) is 0.573. The number of hydrogen-bond acceptors (Lipinski definition) is 3. The van der Waals surface area contributed by atoms with Gasteiger partial charge in [0.2, 0.25) is 0 Å². The van der Waals surface area contributed by atoms with Gasteiger partial charge in [-0.1, -0.05) is 0 Å². The monoisotopic (exact) mass is 261 g/mol. The molecule has 1 unspecified atom stereocenters. The second-order valence-electron chi connectivity index (χ2n) is 4.87. The maximum absolute atomic E-state index is 12.3. The number of nitrogens with zero attached hydrogens (tertiary/aromatic N) is 2. The zero-order valence-electron chi connectivity index (χ0n) is 10.6. The fourth-order valence-electron chi connectivity index (χ4n) is 2.71. The molecule has 0 aliphatic carbocycles. The zero-order chi connectivity index (χ0) is 13.6. The topological polar surface area (TPSA) is 76.3 Å². The first-order valence-corrected chi connectivity index (χ1v) is 6.24. The van der Waals surface area contributed by atoms with Crippen LogP contribution in [-0.4, -0.2) is 33.3 Å². The lowest BCUT2D eigenvalue weighted by molar-refractivity contribution is 0.0697. The molecule has 0 saturated carbocycles. The lowest BCUT2D eigenvalue weighted by atomic mass is 10.2. The first-order chi connectivity index (χ1) is 9.09. The molecule has 19 heavy (non-hydrogen) atoms. The molecule has 100 valence electrons. The van der Waals surface area contributed by atoms with Crippen molar-refractivity contribution in [2.45, 2.75) is 12.5 Å². The minimum Gasteiger partial charge on any atom is -0.478 e. The van der Waals surface area contributed by atoms with Gasteiger partial charge in [0.15, 0.2) is 0 Å².